The Morgan fingerprint density at radius 3 is 2.33 bits per heavy atom. The van der Waals surface area contributed by atoms with Crippen molar-refractivity contribution < 1.29 is 24.8 Å². The van der Waals surface area contributed by atoms with Gasteiger partial charge in [0, 0.05) is 13.7 Å². The molecule has 0 amide bonds. The van der Waals surface area contributed by atoms with Crippen LogP contribution in [-0.4, -0.2) is 60.2 Å². The van der Waals surface area contributed by atoms with Gasteiger partial charge in [0.05, 0.1) is 12.7 Å². The first-order valence-corrected chi connectivity index (χ1v) is 4.93. The Morgan fingerprint density at radius 1 is 1.40 bits per heavy atom. The highest BCUT2D eigenvalue weighted by Gasteiger charge is 2.25. The minimum atomic E-state index is -1.16. The van der Waals surface area contributed by atoms with E-state index < -0.39 is 31.2 Å². The summed E-state index contributed by atoms with van der Waals surface area (Å²) < 4.78 is 10.0. The molecule has 15 heavy (non-hydrogen) atoms. The predicted octanol–water partition coefficient (Wildman–Crippen LogP) is -1.18. The van der Waals surface area contributed by atoms with E-state index >= 15 is 0 Å². The number of halogens is 1. The van der Waals surface area contributed by atoms with Crippen LogP contribution < -0.4 is 4.84 Å². The molecule has 0 spiro atoms. The quantitative estimate of drug-likeness (QED) is 0.317. The van der Waals surface area contributed by atoms with Gasteiger partial charge in [-0.05, 0) is 18.7 Å². The van der Waals surface area contributed by atoms with Crippen LogP contribution in [-0.2, 0) is 9.47 Å². The predicted molar refractivity (Wildman–Crippen MR) is 54.3 cm³/mol. The Morgan fingerprint density at radius 2 is 2.00 bits per heavy atom. The van der Waals surface area contributed by atoms with Crippen molar-refractivity contribution in [1.29, 1.82) is 0 Å². The molecule has 92 valence electrons. The second-order valence-electron chi connectivity index (χ2n) is 3.11. The lowest BCUT2D eigenvalue weighted by Gasteiger charge is -2.27. The molecule has 0 aliphatic carbocycles. The first-order valence-electron chi connectivity index (χ1n) is 4.55. The Kier molecular flexibility index (Phi) is 8.26. The number of nitrogens with one attached hydrogen (secondary N) is 1. The van der Waals surface area contributed by atoms with Gasteiger partial charge in [-0.1, -0.05) is 0 Å². The molecule has 0 radical (unpaired) electrons. The summed E-state index contributed by atoms with van der Waals surface area (Å²) in [5.41, 5.74) is 0. The molecular weight excluding hydrogens is 226 g/mol. The number of ether oxygens (including phenoxy) is 2. The number of hydrogen-bond acceptors (Lipinski definition) is 6. The van der Waals surface area contributed by atoms with Crippen LogP contribution in [0.15, 0.2) is 0 Å². The smallest absolute Gasteiger partial charge is 0.185 e. The second-order valence-corrected chi connectivity index (χ2v) is 3.37. The first kappa shape index (κ1) is 15.0. The largest absolute Gasteiger partial charge is 0.393 e. The van der Waals surface area contributed by atoms with Gasteiger partial charge in [-0.2, -0.15) is 0 Å². The summed E-state index contributed by atoms with van der Waals surface area (Å²) in [5, 5.41) is 27.3. The van der Waals surface area contributed by atoms with E-state index in [0.717, 1.165) is 0 Å². The van der Waals surface area contributed by atoms with Crippen LogP contribution in [0.1, 0.15) is 6.92 Å². The number of methoxy groups -OCH3 is 1. The molecule has 0 saturated carbocycles. The lowest BCUT2D eigenvalue weighted by Crippen LogP contribution is -2.43. The van der Waals surface area contributed by atoms with Gasteiger partial charge < -0.3 is 24.8 Å². The van der Waals surface area contributed by atoms with E-state index in [2.05, 4.69) is 4.84 Å². The summed E-state index contributed by atoms with van der Waals surface area (Å²) in [5.74, 6) is 0. The third-order valence-corrected chi connectivity index (χ3v) is 2.01. The van der Waals surface area contributed by atoms with Crippen LogP contribution in [0, 0.1) is 0 Å². The number of hydrogen-bond donors (Lipinski definition) is 4. The highest BCUT2D eigenvalue weighted by Crippen LogP contribution is 2.08. The molecule has 6 nitrogen and oxygen atoms in total. The van der Waals surface area contributed by atoms with Crippen LogP contribution in [0.5, 0.6) is 0 Å². The molecule has 7 heteroatoms. The summed E-state index contributed by atoms with van der Waals surface area (Å²) in [4.78, 5) is 2.32. The average molecular weight is 244 g/mol. The van der Waals surface area contributed by atoms with Gasteiger partial charge in [0.2, 0.25) is 0 Å². The molecule has 0 heterocycles. The van der Waals surface area contributed by atoms with Gasteiger partial charge in [0.15, 0.2) is 6.29 Å². The van der Waals surface area contributed by atoms with E-state index in [1.165, 1.54) is 14.0 Å². The van der Waals surface area contributed by atoms with Crippen LogP contribution in [0.25, 0.3) is 0 Å². The third-order valence-electron chi connectivity index (χ3n) is 1.86. The fourth-order valence-electron chi connectivity index (χ4n) is 0.970. The van der Waals surface area contributed by atoms with E-state index in [0.29, 0.717) is 0 Å². The fraction of sp³-hybridized carbons (Fsp3) is 1.00. The van der Waals surface area contributed by atoms with E-state index in [4.69, 9.17) is 26.4 Å². The molecule has 0 aromatic rings. The van der Waals surface area contributed by atoms with Crippen molar-refractivity contribution in [3.05, 3.63) is 0 Å². The Hall–Kier alpha value is 0.0500. The summed E-state index contributed by atoms with van der Waals surface area (Å²) >= 11 is 5.29. The molecule has 0 bridgehead atoms. The van der Waals surface area contributed by atoms with Gasteiger partial charge in [0.25, 0.3) is 0 Å². The molecule has 0 aromatic carbocycles. The van der Waals surface area contributed by atoms with Crippen molar-refractivity contribution in [3.8, 4) is 0 Å². The number of aliphatic hydroxyl groups is 3. The lowest BCUT2D eigenvalue weighted by atomic mass is 10.2. The van der Waals surface area contributed by atoms with Crippen LogP contribution >= 0.6 is 11.8 Å². The summed E-state index contributed by atoms with van der Waals surface area (Å²) in [6, 6.07) is 0. The van der Waals surface area contributed by atoms with Crippen LogP contribution in [0.3, 0.4) is 0 Å². The maximum absolute atomic E-state index is 9.32. The molecule has 0 saturated heterocycles. The molecule has 4 atom stereocenters. The highest BCUT2D eigenvalue weighted by atomic mass is 35.5. The number of rotatable bonds is 8. The zero-order chi connectivity index (χ0) is 11.8. The Bertz CT molecular complexity index is 160. The lowest BCUT2D eigenvalue weighted by molar-refractivity contribution is -0.222. The molecule has 0 aliphatic heterocycles. The Balaban J connectivity index is 4.21. The first-order chi connectivity index (χ1) is 7.06. The van der Waals surface area contributed by atoms with Crippen molar-refractivity contribution >= 4 is 11.8 Å². The van der Waals surface area contributed by atoms with Crippen molar-refractivity contribution in [2.45, 2.75) is 31.5 Å². The molecule has 4 N–H and O–H groups in total. The second kappa shape index (κ2) is 8.23. The zero-order valence-electron chi connectivity index (χ0n) is 8.76. The fourth-order valence-corrected chi connectivity index (χ4v) is 1.12. The van der Waals surface area contributed by atoms with E-state index in [1.54, 1.807) is 0 Å². The maximum Gasteiger partial charge on any atom is 0.185 e. The van der Waals surface area contributed by atoms with E-state index in [-0.39, 0.29) is 6.54 Å². The normalized spacial score (nSPS) is 19.6. The Labute approximate surface area is 93.9 Å². The SMILES string of the molecule is CO[C@@H](OC(CNCl)[C@H](C)O)[C@H](O)CO. The third kappa shape index (κ3) is 5.62. The summed E-state index contributed by atoms with van der Waals surface area (Å²) in [7, 11) is 1.33. The van der Waals surface area contributed by atoms with Gasteiger partial charge in [-0.15, -0.1) is 0 Å². The summed E-state index contributed by atoms with van der Waals surface area (Å²) in [6.45, 7) is 1.23. The monoisotopic (exact) mass is 243 g/mol. The van der Waals surface area contributed by atoms with Crippen molar-refractivity contribution in [2.24, 2.45) is 0 Å². The summed E-state index contributed by atoms with van der Waals surface area (Å²) in [6.07, 6.45) is -3.57. The number of aliphatic hydroxyl groups excluding tert-OH is 3. The molecule has 0 fully saturated rings. The van der Waals surface area contributed by atoms with Gasteiger partial charge in [-0.25, -0.2) is 4.84 Å². The van der Waals surface area contributed by atoms with E-state index in [9.17, 15) is 10.2 Å². The molecular formula is C8H18ClNO5. The molecule has 1 unspecified atom stereocenters. The molecule has 0 aliphatic rings. The highest BCUT2D eigenvalue weighted by molar-refractivity contribution is 6.13. The van der Waals surface area contributed by atoms with Gasteiger partial charge in [-0.3, -0.25) is 0 Å². The molecule has 0 aromatic heterocycles. The van der Waals surface area contributed by atoms with Crippen molar-refractivity contribution in [3.63, 3.8) is 0 Å². The average Bonchev–Trinajstić information content (AvgIpc) is 2.22. The van der Waals surface area contributed by atoms with Gasteiger partial charge >= 0.3 is 0 Å². The van der Waals surface area contributed by atoms with Gasteiger partial charge in [0.1, 0.15) is 12.2 Å². The standard InChI is InChI=1S/C8H18ClNO5/c1-5(12)7(3-10-9)15-8(14-2)6(13)4-11/h5-8,10-13H,3-4H2,1-2H3/t5-,6+,7?,8-/m0/s1. The minimum absolute atomic E-state index is 0.192. The van der Waals surface area contributed by atoms with Crippen molar-refractivity contribution in [2.75, 3.05) is 20.3 Å². The van der Waals surface area contributed by atoms with Crippen molar-refractivity contribution in [1.82, 2.24) is 4.84 Å². The maximum atomic E-state index is 9.32. The molecule has 0 rings (SSSR count). The van der Waals surface area contributed by atoms with Crippen LogP contribution in [0.4, 0.5) is 0 Å². The van der Waals surface area contributed by atoms with E-state index in [1.807, 2.05) is 0 Å². The topological polar surface area (TPSA) is 91.2 Å². The van der Waals surface area contributed by atoms with Crippen LogP contribution in [0.2, 0.25) is 0 Å². The minimum Gasteiger partial charge on any atom is -0.393 e. The zero-order valence-corrected chi connectivity index (χ0v) is 9.52.